The quantitative estimate of drug-likeness (QED) is 0.834. The van der Waals surface area contributed by atoms with Crippen molar-refractivity contribution in [2.24, 2.45) is 5.10 Å². The third-order valence-electron chi connectivity index (χ3n) is 3.07. The van der Waals surface area contributed by atoms with Crippen molar-refractivity contribution in [2.75, 3.05) is 0 Å². The Morgan fingerprint density at radius 2 is 1.95 bits per heavy atom. The second-order valence-corrected chi connectivity index (χ2v) is 7.19. The van der Waals surface area contributed by atoms with Crippen LogP contribution < -0.4 is 5.46 Å². The molecule has 0 bridgehead atoms. The van der Waals surface area contributed by atoms with Crippen LogP contribution in [-0.2, 0) is 10.0 Å². The first-order chi connectivity index (χ1) is 9.50. The van der Waals surface area contributed by atoms with Gasteiger partial charge in [0, 0.05) is 4.88 Å². The number of thiophene rings is 1. The molecule has 0 radical (unpaired) electrons. The molecule has 102 valence electrons. The molecule has 0 fully saturated rings. The summed E-state index contributed by atoms with van der Waals surface area (Å²) in [5.41, 5.74) is 1.52. The second kappa shape index (κ2) is 4.73. The summed E-state index contributed by atoms with van der Waals surface area (Å²) in [6.45, 7) is 1.88. The normalized spacial score (nSPS) is 14.5. The summed E-state index contributed by atoms with van der Waals surface area (Å²) in [7, 11) is -5.14. The van der Waals surface area contributed by atoms with Gasteiger partial charge in [-0.15, -0.1) is 11.3 Å². The van der Waals surface area contributed by atoms with Gasteiger partial charge in [-0.2, -0.15) is 9.43 Å². The molecule has 0 aliphatic carbocycles. The minimum absolute atomic E-state index is 0.109. The third-order valence-corrected chi connectivity index (χ3v) is 5.59. The lowest BCUT2D eigenvalue weighted by Gasteiger charge is -2.24. The van der Waals surface area contributed by atoms with Gasteiger partial charge in [-0.05, 0) is 29.9 Å². The number of nitrogens with zero attached hydrogens (tertiary/aromatic N) is 2. The predicted octanol–water partition coefficient (Wildman–Crippen LogP) is 0.782. The van der Waals surface area contributed by atoms with Gasteiger partial charge in [0.25, 0.3) is 10.0 Å². The molecule has 1 aromatic carbocycles. The minimum atomic E-state index is -3.86. The van der Waals surface area contributed by atoms with Crippen LogP contribution in [0.3, 0.4) is 0 Å². The molecule has 1 aliphatic heterocycles. The number of hydrogen-bond donors (Lipinski definition) is 1. The molecule has 3 rings (SSSR count). The first-order valence-electron chi connectivity index (χ1n) is 5.91. The van der Waals surface area contributed by atoms with Crippen LogP contribution in [0.1, 0.15) is 10.4 Å². The number of benzene rings is 1. The maximum absolute atomic E-state index is 12.5. The van der Waals surface area contributed by atoms with E-state index < -0.39 is 17.1 Å². The van der Waals surface area contributed by atoms with Gasteiger partial charge in [-0.25, -0.2) is 8.42 Å². The van der Waals surface area contributed by atoms with E-state index in [1.165, 1.54) is 29.7 Å². The molecule has 0 atom stereocenters. The van der Waals surface area contributed by atoms with Crippen LogP contribution in [0.25, 0.3) is 0 Å². The van der Waals surface area contributed by atoms with Crippen LogP contribution in [0.5, 0.6) is 0 Å². The Morgan fingerprint density at radius 1 is 1.25 bits per heavy atom. The Labute approximate surface area is 121 Å². The number of rotatable bonds is 2. The largest absolute Gasteiger partial charge is 0.485 e. The highest BCUT2D eigenvalue weighted by atomic mass is 32.2. The zero-order valence-electron chi connectivity index (χ0n) is 10.6. The van der Waals surface area contributed by atoms with Gasteiger partial charge in [0.2, 0.25) is 0 Å². The van der Waals surface area contributed by atoms with Crippen molar-refractivity contribution in [1.29, 1.82) is 0 Å². The fourth-order valence-corrected chi connectivity index (χ4v) is 3.97. The first-order valence-corrected chi connectivity index (χ1v) is 8.22. The number of hydrazone groups is 1. The predicted molar refractivity (Wildman–Crippen MR) is 79.7 cm³/mol. The Balaban J connectivity index is 2.03. The summed E-state index contributed by atoms with van der Waals surface area (Å²) in [4.78, 5) is 0.880. The molecule has 0 spiro atoms. The van der Waals surface area contributed by atoms with E-state index >= 15 is 0 Å². The zero-order chi connectivity index (χ0) is 14.3. The van der Waals surface area contributed by atoms with Crippen molar-refractivity contribution in [3.63, 3.8) is 0 Å². The smallest absolute Gasteiger partial charge is 0.427 e. The molecule has 20 heavy (non-hydrogen) atoms. The highest BCUT2D eigenvalue weighted by molar-refractivity contribution is 7.90. The second-order valence-electron chi connectivity index (χ2n) is 4.45. The molecule has 2 heterocycles. The van der Waals surface area contributed by atoms with E-state index in [4.69, 9.17) is 0 Å². The standard InChI is InChI=1S/C12H11BN2O3S2/c1-9-2-4-10(5-3-9)20(17,18)15-13(16)11-6-7-19-12(11)8-14-15/h2-8,16H,1H3. The number of fused-ring (bicyclic) bond motifs is 1. The lowest BCUT2D eigenvalue weighted by Crippen LogP contribution is -2.51. The van der Waals surface area contributed by atoms with Crippen LogP contribution in [-0.4, -0.2) is 31.0 Å². The van der Waals surface area contributed by atoms with Crippen molar-refractivity contribution in [3.05, 3.63) is 46.2 Å². The minimum Gasteiger partial charge on any atom is -0.427 e. The molecule has 0 saturated heterocycles. The van der Waals surface area contributed by atoms with E-state index in [1.807, 2.05) is 6.92 Å². The Bertz CT molecular complexity index is 768. The van der Waals surface area contributed by atoms with Gasteiger partial charge in [0.1, 0.15) is 0 Å². The SMILES string of the molecule is Cc1ccc(S(=O)(=O)N2N=Cc3sccc3B2O)cc1. The van der Waals surface area contributed by atoms with Crippen molar-refractivity contribution < 1.29 is 13.4 Å². The molecule has 5 nitrogen and oxygen atoms in total. The zero-order valence-corrected chi connectivity index (χ0v) is 12.2. The van der Waals surface area contributed by atoms with Crippen molar-refractivity contribution in [2.45, 2.75) is 11.8 Å². The van der Waals surface area contributed by atoms with Crippen molar-refractivity contribution in [1.82, 2.24) is 4.33 Å². The molecule has 1 N–H and O–H groups in total. The van der Waals surface area contributed by atoms with E-state index in [9.17, 15) is 13.4 Å². The maximum Gasteiger partial charge on any atom is 0.485 e. The highest BCUT2D eigenvalue weighted by Gasteiger charge is 2.38. The highest BCUT2D eigenvalue weighted by Crippen LogP contribution is 2.21. The third kappa shape index (κ3) is 2.05. The van der Waals surface area contributed by atoms with Gasteiger partial charge in [-0.1, -0.05) is 23.8 Å². The van der Waals surface area contributed by atoms with Gasteiger partial charge in [0.15, 0.2) is 0 Å². The average Bonchev–Trinajstić information content (AvgIpc) is 2.88. The Kier molecular flexibility index (Phi) is 3.16. The lowest BCUT2D eigenvalue weighted by atomic mass is 9.75. The fourth-order valence-electron chi connectivity index (χ4n) is 1.95. The van der Waals surface area contributed by atoms with E-state index in [1.54, 1.807) is 23.6 Å². The van der Waals surface area contributed by atoms with Crippen molar-refractivity contribution in [3.8, 4) is 0 Å². The van der Waals surface area contributed by atoms with Crippen molar-refractivity contribution >= 4 is 40.1 Å². The van der Waals surface area contributed by atoms with Crippen LogP contribution in [0.4, 0.5) is 0 Å². The van der Waals surface area contributed by atoms with Crippen LogP contribution >= 0.6 is 11.3 Å². The van der Waals surface area contributed by atoms with Crippen LogP contribution in [0, 0.1) is 6.92 Å². The molecule has 0 unspecified atom stereocenters. The summed E-state index contributed by atoms with van der Waals surface area (Å²) in [5, 5.41) is 15.9. The van der Waals surface area contributed by atoms with E-state index in [0.717, 1.165) is 14.8 Å². The fraction of sp³-hybridized carbons (Fsp3) is 0.0833. The average molecular weight is 306 g/mol. The molecular formula is C12H11BN2O3S2. The molecule has 1 aliphatic rings. The summed E-state index contributed by atoms with van der Waals surface area (Å²) in [6.07, 6.45) is 1.46. The maximum atomic E-state index is 12.5. The lowest BCUT2D eigenvalue weighted by molar-refractivity contribution is 0.476. The summed E-state index contributed by atoms with van der Waals surface area (Å²) >= 11 is 1.41. The van der Waals surface area contributed by atoms with Gasteiger partial charge in [-0.3, -0.25) is 0 Å². The number of hydrogen-bond acceptors (Lipinski definition) is 5. The topological polar surface area (TPSA) is 70.0 Å². The summed E-state index contributed by atoms with van der Waals surface area (Å²) < 4.78 is 25.7. The Morgan fingerprint density at radius 3 is 2.65 bits per heavy atom. The molecule has 0 amide bonds. The summed E-state index contributed by atoms with van der Waals surface area (Å²) in [6, 6.07) is 8.14. The number of sulfonamides is 1. The van der Waals surface area contributed by atoms with E-state index in [0.29, 0.717) is 5.46 Å². The monoisotopic (exact) mass is 306 g/mol. The molecule has 1 aromatic heterocycles. The molecular weight excluding hydrogens is 295 g/mol. The van der Waals surface area contributed by atoms with Crippen LogP contribution in [0.15, 0.2) is 45.7 Å². The van der Waals surface area contributed by atoms with Gasteiger partial charge < -0.3 is 5.02 Å². The Hall–Kier alpha value is -1.64. The molecule has 0 saturated carbocycles. The van der Waals surface area contributed by atoms with Crippen LogP contribution in [0.2, 0.25) is 0 Å². The number of aryl methyl sites for hydroxylation is 1. The first kappa shape index (κ1) is 13.4. The van der Waals surface area contributed by atoms with Gasteiger partial charge in [0.05, 0.1) is 11.1 Å². The molecule has 2 aromatic rings. The van der Waals surface area contributed by atoms with E-state index in [2.05, 4.69) is 5.10 Å². The summed E-state index contributed by atoms with van der Waals surface area (Å²) in [5.74, 6) is 0. The van der Waals surface area contributed by atoms with Gasteiger partial charge >= 0.3 is 7.05 Å². The van der Waals surface area contributed by atoms with E-state index in [-0.39, 0.29) is 4.90 Å². The molecule has 8 heteroatoms.